The Morgan fingerprint density at radius 1 is 1.35 bits per heavy atom. The predicted molar refractivity (Wildman–Crippen MR) is 75.2 cm³/mol. The van der Waals surface area contributed by atoms with Crippen molar-refractivity contribution in [1.29, 1.82) is 0 Å². The first-order valence-corrected chi connectivity index (χ1v) is 6.10. The highest BCUT2D eigenvalue weighted by molar-refractivity contribution is 5.97. The van der Waals surface area contributed by atoms with Crippen LogP contribution in [-0.4, -0.2) is 32.6 Å². The van der Waals surface area contributed by atoms with E-state index in [9.17, 15) is 9.59 Å². The van der Waals surface area contributed by atoms with Crippen LogP contribution in [0.5, 0.6) is 11.5 Å². The second-order valence-electron chi connectivity index (χ2n) is 4.12. The third kappa shape index (κ3) is 3.60. The number of carbonyl (C=O) groups excluding carboxylic acids is 2. The van der Waals surface area contributed by atoms with E-state index in [2.05, 4.69) is 6.58 Å². The van der Waals surface area contributed by atoms with E-state index in [1.807, 2.05) is 0 Å². The summed E-state index contributed by atoms with van der Waals surface area (Å²) in [7, 11) is 2.97. The molecule has 0 bridgehead atoms. The second kappa shape index (κ2) is 7.33. The van der Waals surface area contributed by atoms with Crippen LogP contribution in [0.3, 0.4) is 0 Å². The summed E-state index contributed by atoms with van der Waals surface area (Å²) in [5.41, 5.74) is 0.811. The minimum absolute atomic E-state index is 0.146. The summed E-state index contributed by atoms with van der Waals surface area (Å²) in [6.45, 7) is 5.31. The van der Waals surface area contributed by atoms with E-state index < -0.39 is 12.1 Å². The Hall–Kier alpha value is -2.30. The average Bonchev–Trinajstić information content (AvgIpc) is 2.45. The smallest absolute Gasteiger partial charge is 0.342 e. The van der Waals surface area contributed by atoms with Crippen LogP contribution in [0.25, 0.3) is 6.08 Å². The molecule has 0 N–H and O–H groups in total. The number of ether oxygens (including phenoxy) is 3. The molecule has 0 spiro atoms. The minimum atomic E-state index is -0.561. The van der Waals surface area contributed by atoms with Crippen LogP contribution in [0.15, 0.2) is 18.7 Å². The van der Waals surface area contributed by atoms with Crippen LogP contribution in [0.2, 0.25) is 0 Å². The Morgan fingerprint density at radius 3 is 2.55 bits per heavy atom. The van der Waals surface area contributed by atoms with Crippen LogP contribution in [0.4, 0.5) is 0 Å². The molecule has 20 heavy (non-hydrogen) atoms. The Balaban J connectivity index is 3.17. The van der Waals surface area contributed by atoms with Crippen molar-refractivity contribution < 1.29 is 23.8 Å². The van der Waals surface area contributed by atoms with Crippen molar-refractivity contribution in [1.82, 2.24) is 0 Å². The van der Waals surface area contributed by atoms with Crippen molar-refractivity contribution in [3.63, 3.8) is 0 Å². The third-order valence-electron chi connectivity index (χ3n) is 2.72. The molecule has 0 heterocycles. The summed E-state index contributed by atoms with van der Waals surface area (Å²) >= 11 is 0. The number of methoxy groups -OCH3 is 2. The summed E-state index contributed by atoms with van der Waals surface area (Å²) in [5, 5.41) is 0. The summed E-state index contributed by atoms with van der Waals surface area (Å²) in [6.07, 6.45) is 1.88. The lowest BCUT2D eigenvalue weighted by Gasteiger charge is -2.15. The van der Waals surface area contributed by atoms with Gasteiger partial charge in [-0.05, 0) is 18.6 Å². The third-order valence-corrected chi connectivity index (χ3v) is 2.72. The van der Waals surface area contributed by atoms with E-state index in [1.54, 1.807) is 19.1 Å². The van der Waals surface area contributed by atoms with Gasteiger partial charge in [0.15, 0.2) is 0 Å². The van der Waals surface area contributed by atoms with Crippen molar-refractivity contribution in [2.45, 2.75) is 19.4 Å². The highest BCUT2D eigenvalue weighted by Crippen LogP contribution is 2.30. The van der Waals surface area contributed by atoms with E-state index in [-0.39, 0.29) is 12.0 Å². The van der Waals surface area contributed by atoms with Crippen LogP contribution in [0.1, 0.15) is 29.3 Å². The highest BCUT2D eigenvalue weighted by Gasteiger charge is 2.21. The van der Waals surface area contributed by atoms with Gasteiger partial charge in [-0.1, -0.05) is 12.7 Å². The normalized spacial score (nSPS) is 11.3. The summed E-state index contributed by atoms with van der Waals surface area (Å²) < 4.78 is 15.5. The Bertz CT molecular complexity index is 507. The molecule has 1 aromatic rings. The molecule has 0 aromatic heterocycles. The summed E-state index contributed by atoms with van der Waals surface area (Å²) in [4.78, 5) is 22.6. The van der Waals surface area contributed by atoms with Crippen molar-refractivity contribution in [2.24, 2.45) is 0 Å². The van der Waals surface area contributed by atoms with Gasteiger partial charge in [-0.15, -0.1) is 0 Å². The molecule has 0 aliphatic heterocycles. The lowest BCUT2D eigenvalue weighted by molar-refractivity contribution is -0.109. The van der Waals surface area contributed by atoms with Crippen molar-refractivity contribution in [2.75, 3.05) is 14.2 Å². The van der Waals surface area contributed by atoms with E-state index in [0.29, 0.717) is 23.3 Å². The van der Waals surface area contributed by atoms with Gasteiger partial charge >= 0.3 is 5.97 Å². The molecule has 1 rings (SSSR count). The van der Waals surface area contributed by atoms with Gasteiger partial charge in [0.2, 0.25) is 0 Å². The molecular weight excluding hydrogens is 260 g/mol. The predicted octanol–water partition coefficient (Wildman–Crippen LogP) is 2.48. The lowest BCUT2D eigenvalue weighted by atomic mass is 10.1. The Morgan fingerprint density at radius 2 is 2.05 bits per heavy atom. The van der Waals surface area contributed by atoms with E-state index >= 15 is 0 Å². The Kier molecular flexibility index (Phi) is 5.77. The number of esters is 1. The lowest BCUT2D eigenvalue weighted by Crippen LogP contribution is -2.17. The zero-order chi connectivity index (χ0) is 15.1. The van der Waals surface area contributed by atoms with Crippen LogP contribution in [-0.2, 0) is 9.53 Å². The van der Waals surface area contributed by atoms with Gasteiger partial charge in [0, 0.05) is 12.5 Å². The van der Waals surface area contributed by atoms with Gasteiger partial charge in [0.1, 0.15) is 29.5 Å². The first-order chi connectivity index (χ1) is 9.57. The van der Waals surface area contributed by atoms with Gasteiger partial charge in [0.05, 0.1) is 14.2 Å². The van der Waals surface area contributed by atoms with Crippen molar-refractivity contribution in [3.8, 4) is 11.5 Å². The molecule has 1 atom stereocenters. The zero-order valence-corrected chi connectivity index (χ0v) is 11.8. The number of rotatable bonds is 7. The van der Waals surface area contributed by atoms with Gasteiger partial charge in [-0.2, -0.15) is 0 Å². The van der Waals surface area contributed by atoms with Gasteiger partial charge in [-0.3, -0.25) is 0 Å². The number of aldehydes is 1. The molecule has 0 saturated carbocycles. The zero-order valence-electron chi connectivity index (χ0n) is 11.8. The molecular formula is C15H18O5. The van der Waals surface area contributed by atoms with E-state index in [1.165, 1.54) is 20.3 Å². The van der Waals surface area contributed by atoms with E-state index in [4.69, 9.17) is 14.2 Å². The maximum atomic E-state index is 12.2. The minimum Gasteiger partial charge on any atom is -0.497 e. The molecule has 0 aliphatic carbocycles. The molecule has 5 nitrogen and oxygen atoms in total. The second-order valence-corrected chi connectivity index (χ2v) is 4.12. The molecule has 1 aromatic carbocycles. The van der Waals surface area contributed by atoms with Gasteiger partial charge in [0.25, 0.3) is 0 Å². The number of carbonyl (C=O) groups is 2. The van der Waals surface area contributed by atoms with Crippen molar-refractivity contribution in [3.05, 3.63) is 29.8 Å². The quantitative estimate of drug-likeness (QED) is 0.566. The molecule has 0 unspecified atom stereocenters. The first-order valence-electron chi connectivity index (χ1n) is 6.10. The number of benzene rings is 1. The molecule has 108 valence electrons. The molecule has 5 heteroatoms. The molecule has 0 amide bonds. The van der Waals surface area contributed by atoms with Gasteiger partial charge in [-0.25, -0.2) is 4.79 Å². The summed E-state index contributed by atoms with van der Waals surface area (Å²) in [6, 6.07) is 3.25. The fourth-order valence-corrected chi connectivity index (χ4v) is 1.69. The van der Waals surface area contributed by atoms with Crippen LogP contribution in [0, 0.1) is 0 Å². The fraction of sp³-hybridized carbons (Fsp3) is 0.333. The fourth-order valence-electron chi connectivity index (χ4n) is 1.69. The highest BCUT2D eigenvalue weighted by atomic mass is 16.5. The average molecular weight is 278 g/mol. The maximum Gasteiger partial charge on any atom is 0.342 e. The standard InChI is InChI=1S/C15H18O5/c1-5-11-8-12(18-3)9-13(19-4)14(11)15(17)20-10(2)6-7-16/h5,7-10H,1,6H2,2-4H3/t10-/m0/s1. The van der Waals surface area contributed by atoms with Crippen LogP contribution >= 0.6 is 0 Å². The monoisotopic (exact) mass is 278 g/mol. The molecule has 0 saturated heterocycles. The van der Waals surface area contributed by atoms with E-state index in [0.717, 1.165) is 0 Å². The SMILES string of the molecule is C=Cc1cc(OC)cc(OC)c1C(=O)O[C@@H](C)CC=O. The molecule has 0 radical (unpaired) electrons. The number of hydrogen-bond acceptors (Lipinski definition) is 5. The first kappa shape index (κ1) is 15.8. The van der Waals surface area contributed by atoms with Crippen LogP contribution < -0.4 is 9.47 Å². The Labute approximate surface area is 118 Å². The number of hydrogen-bond donors (Lipinski definition) is 0. The largest absolute Gasteiger partial charge is 0.497 e. The molecule has 0 fully saturated rings. The molecule has 0 aliphatic rings. The van der Waals surface area contributed by atoms with Gasteiger partial charge < -0.3 is 19.0 Å². The topological polar surface area (TPSA) is 61.8 Å². The van der Waals surface area contributed by atoms with Crippen molar-refractivity contribution >= 4 is 18.3 Å². The maximum absolute atomic E-state index is 12.2. The summed E-state index contributed by atoms with van der Waals surface area (Å²) in [5.74, 6) is 0.325.